The Kier molecular flexibility index (Phi) is 5.67. The number of halogens is 3. The third kappa shape index (κ3) is 4.19. The van der Waals surface area contributed by atoms with Crippen molar-refractivity contribution in [2.75, 3.05) is 5.32 Å². The molecule has 9 heteroatoms. The van der Waals surface area contributed by atoms with Crippen molar-refractivity contribution < 1.29 is 13.2 Å². The van der Waals surface area contributed by atoms with Gasteiger partial charge in [-0.15, -0.1) is 0 Å². The summed E-state index contributed by atoms with van der Waals surface area (Å²) in [5.41, 5.74) is 2.08. The number of benzene rings is 2. The van der Waals surface area contributed by atoms with Crippen LogP contribution in [-0.2, 0) is 13.1 Å². The van der Waals surface area contributed by atoms with Crippen molar-refractivity contribution in [1.82, 2.24) is 24.7 Å². The Morgan fingerprint density at radius 1 is 0.882 bits per heavy atom. The number of aromatic nitrogens is 5. The summed E-state index contributed by atoms with van der Waals surface area (Å²) < 4.78 is 43.9. The van der Waals surface area contributed by atoms with E-state index in [1.807, 2.05) is 6.07 Å². The summed E-state index contributed by atoms with van der Waals surface area (Å²) in [6.07, 6.45) is 1.64. The van der Waals surface area contributed by atoms with Crippen molar-refractivity contribution in [2.45, 2.75) is 20.0 Å². The van der Waals surface area contributed by atoms with Crippen LogP contribution < -0.4 is 5.32 Å². The molecule has 5 rings (SSSR count). The Morgan fingerprint density at radius 3 is 2.44 bits per heavy atom. The molecule has 3 aromatic heterocycles. The Morgan fingerprint density at radius 2 is 1.65 bits per heavy atom. The highest BCUT2D eigenvalue weighted by molar-refractivity contribution is 5.89. The Hall–Kier alpha value is -4.27. The maximum absolute atomic E-state index is 14.2. The fraction of sp³-hybridized carbons (Fsp3) is 0.120. The van der Waals surface area contributed by atoms with Crippen molar-refractivity contribution in [3.63, 3.8) is 0 Å². The molecule has 1 N–H and O–H groups in total. The second kappa shape index (κ2) is 8.93. The summed E-state index contributed by atoms with van der Waals surface area (Å²) in [7, 11) is 0. The summed E-state index contributed by atoms with van der Waals surface area (Å²) in [5.74, 6) is -0.889. The lowest BCUT2D eigenvalue weighted by atomic mass is 10.2. The van der Waals surface area contributed by atoms with Gasteiger partial charge in [0.25, 0.3) is 0 Å². The summed E-state index contributed by atoms with van der Waals surface area (Å²) >= 11 is 0. The largest absolute Gasteiger partial charge is 0.366 e. The molecule has 0 saturated carbocycles. The summed E-state index contributed by atoms with van der Waals surface area (Å²) in [6.45, 7) is 1.89. The molecule has 0 aliphatic heterocycles. The quantitative estimate of drug-likeness (QED) is 0.374. The summed E-state index contributed by atoms with van der Waals surface area (Å²) in [4.78, 5) is 13.4. The van der Waals surface area contributed by atoms with E-state index in [1.54, 1.807) is 48.1 Å². The van der Waals surface area contributed by atoms with Crippen molar-refractivity contribution in [3.8, 4) is 11.5 Å². The highest BCUT2D eigenvalue weighted by atomic mass is 19.1. The number of aryl methyl sites for hydroxylation is 1. The minimum atomic E-state index is -0.637. The minimum absolute atomic E-state index is 0.0795. The monoisotopic (exact) mass is 460 g/mol. The third-order valence-electron chi connectivity index (χ3n) is 5.36. The van der Waals surface area contributed by atoms with E-state index in [1.165, 1.54) is 24.3 Å². The Balaban J connectivity index is 1.51. The molecule has 0 radical (unpaired) electrons. The predicted molar refractivity (Wildman–Crippen MR) is 122 cm³/mol. The second-order valence-corrected chi connectivity index (χ2v) is 7.74. The maximum Gasteiger partial charge on any atom is 0.183 e. The molecule has 5 aromatic rings. The number of fused-ring (bicyclic) bond motifs is 1. The lowest BCUT2D eigenvalue weighted by Crippen LogP contribution is -2.08. The van der Waals surface area contributed by atoms with Gasteiger partial charge in [-0.3, -0.25) is 0 Å². The molecule has 0 aliphatic carbocycles. The average molecular weight is 460 g/mol. The van der Waals surface area contributed by atoms with Gasteiger partial charge in [-0.05, 0) is 37.3 Å². The lowest BCUT2D eigenvalue weighted by Gasteiger charge is -2.09. The van der Waals surface area contributed by atoms with Gasteiger partial charge in [0.2, 0.25) is 0 Å². The van der Waals surface area contributed by atoms with E-state index in [4.69, 9.17) is 0 Å². The molecular formula is C25H19F3N6. The smallest absolute Gasteiger partial charge is 0.183 e. The first-order valence-electron chi connectivity index (χ1n) is 10.6. The van der Waals surface area contributed by atoms with Crippen LogP contribution in [0.2, 0.25) is 0 Å². The van der Waals surface area contributed by atoms with Crippen LogP contribution in [0.4, 0.5) is 19.0 Å². The van der Waals surface area contributed by atoms with E-state index in [9.17, 15) is 13.2 Å². The van der Waals surface area contributed by atoms with Gasteiger partial charge >= 0.3 is 0 Å². The maximum atomic E-state index is 14.2. The van der Waals surface area contributed by atoms with Crippen LogP contribution >= 0.6 is 0 Å². The molecule has 3 heterocycles. The normalized spacial score (nSPS) is 11.2. The van der Waals surface area contributed by atoms with Gasteiger partial charge < -0.3 is 5.32 Å². The lowest BCUT2D eigenvalue weighted by molar-refractivity contribution is 0.560. The van der Waals surface area contributed by atoms with Crippen LogP contribution in [0.5, 0.6) is 0 Å². The van der Waals surface area contributed by atoms with Crippen LogP contribution in [0.15, 0.2) is 66.9 Å². The zero-order valence-corrected chi connectivity index (χ0v) is 18.1. The standard InChI is InChI=1S/C25H19F3N6/c1-15-12-22(30-13-18-20(27)9-4-10-21(18)28)32-24(31-15)23-17-7-5-11-29-25(17)34(33-23)14-16-6-2-3-8-19(16)26/h2-12H,13-14H2,1H3,(H,30,31,32). The molecule has 0 atom stereocenters. The highest BCUT2D eigenvalue weighted by Gasteiger charge is 2.18. The zero-order chi connectivity index (χ0) is 23.7. The number of rotatable bonds is 6. The van der Waals surface area contributed by atoms with Gasteiger partial charge in [0, 0.05) is 35.6 Å². The van der Waals surface area contributed by atoms with Crippen molar-refractivity contribution >= 4 is 16.9 Å². The fourth-order valence-electron chi connectivity index (χ4n) is 3.72. The molecule has 0 bridgehead atoms. The highest BCUT2D eigenvalue weighted by Crippen LogP contribution is 2.26. The van der Waals surface area contributed by atoms with E-state index in [2.05, 4.69) is 25.4 Å². The molecule has 0 saturated heterocycles. The number of hydrogen-bond acceptors (Lipinski definition) is 5. The molecule has 0 aliphatic rings. The van der Waals surface area contributed by atoms with E-state index < -0.39 is 11.6 Å². The second-order valence-electron chi connectivity index (χ2n) is 7.74. The van der Waals surface area contributed by atoms with Gasteiger partial charge in [-0.2, -0.15) is 5.10 Å². The van der Waals surface area contributed by atoms with E-state index in [-0.39, 0.29) is 24.5 Å². The van der Waals surface area contributed by atoms with Crippen LogP contribution in [0, 0.1) is 24.4 Å². The topological polar surface area (TPSA) is 68.5 Å². The SMILES string of the molecule is Cc1cc(NCc2c(F)cccc2F)nc(-c2nn(Cc3ccccc3F)c3ncccc23)n1. The van der Waals surface area contributed by atoms with Crippen LogP contribution in [0.3, 0.4) is 0 Å². The molecule has 6 nitrogen and oxygen atoms in total. The van der Waals surface area contributed by atoms with Gasteiger partial charge in [0.05, 0.1) is 11.9 Å². The van der Waals surface area contributed by atoms with Crippen LogP contribution in [0.1, 0.15) is 16.8 Å². The van der Waals surface area contributed by atoms with Crippen molar-refractivity contribution in [1.29, 1.82) is 0 Å². The molecule has 0 spiro atoms. The molecule has 2 aromatic carbocycles. The first-order valence-corrected chi connectivity index (χ1v) is 10.6. The Labute approximate surface area is 193 Å². The van der Waals surface area contributed by atoms with Gasteiger partial charge in [0.1, 0.15) is 29.0 Å². The average Bonchev–Trinajstić information content (AvgIpc) is 3.18. The molecule has 0 amide bonds. The zero-order valence-electron chi connectivity index (χ0n) is 18.1. The molecule has 0 fully saturated rings. The first kappa shape index (κ1) is 21.6. The van der Waals surface area contributed by atoms with E-state index in [0.717, 1.165) is 0 Å². The first-order chi connectivity index (χ1) is 16.5. The fourth-order valence-corrected chi connectivity index (χ4v) is 3.72. The van der Waals surface area contributed by atoms with Crippen LogP contribution in [-0.4, -0.2) is 24.7 Å². The van der Waals surface area contributed by atoms with Crippen molar-refractivity contribution in [2.24, 2.45) is 0 Å². The number of nitrogens with zero attached hydrogens (tertiary/aromatic N) is 5. The number of nitrogens with one attached hydrogen (secondary N) is 1. The summed E-state index contributed by atoms with van der Waals surface area (Å²) in [6, 6.07) is 15.5. The number of hydrogen-bond donors (Lipinski definition) is 1. The summed E-state index contributed by atoms with van der Waals surface area (Å²) in [5, 5.41) is 8.31. The van der Waals surface area contributed by atoms with E-state index in [0.29, 0.717) is 39.6 Å². The number of pyridine rings is 1. The van der Waals surface area contributed by atoms with Crippen molar-refractivity contribution in [3.05, 3.63) is 101 Å². The molecular weight excluding hydrogens is 441 g/mol. The number of anilines is 1. The van der Waals surface area contributed by atoms with E-state index >= 15 is 0 Å². The minimum Gasteiger partial charge on any atom is -0.366 e. The predicted octanol–water partition coefficient (Wildman–Crippen LogP) is 5.27. The van der Waals surface area contributed by atoms with Crippen LogP contribution in [0.25, 0.3) is 22.6 Å². The molecule has 0 unspecified atom stereocenters. The van der Waals surface area contributed by atoms with Gasteiger partial charge in [-0.1, -0.05) is 24.3 Å². The van der Waals surface area contributed by atoms with Gasteiger partial charge in [-0.25, -0.2) is 32.8 Å². The Bertz CT molecular complexity index is 1480. The van der Waals surface area contributed by atoms with Gasteiger partial charge in [0.15, 0.2) is 11.5 Å². The third-order valence-corrected chi connectivity index (χ3v) is 5.36. The molecule has 34 heavy (non-hydrogen) atoms. The molecule has 170 valence electrons.